The summed E-state index contributed by atoms with van der Waals surface area (Å²) in [7, 11) is 0. The van der Waals surface area contributed by atoms with Gasteiger partial charge in [-0.2, -0.15) is 4.98 Å². The molecule has 0 spiro atoms. The third-order valence-corrected chi connectivity index (χ3v) is 3.00. The molecule has 2 rings (SSSR count). The van der Waals surface area contributed by atoms with Crippen molar-refractivity contribution in [3.8, 4) is 5.75 Å². The first-order valence-corrected chi connectivity index (χ1v) is 7.91. The zero-order chi connectivity index (χ0) is 17.7. The first-order chi connectivity index (χ1) is 11.2. The van der Waals surface area contributed by atoms with Gasteiger partial charge in [-0.15, -0.1) is 0 Å². The smallest absolute Gasteiger partial charge is 0.232 e. The molecule has 1 aromatic carbocycles. The van der Waals surface area contributed by atoms with E-state index in [0.717, 1.165) is 11.4 Å². The van der Waals surface area contributed by atoms with Crippen molar-refractivity contribution in [2.24, 2.45) is 10.7 Å². The Morgan fingerprint density at radius 2 is 1.96 bits per heavy atom. The number of benzene rings is 1. The molecule has 130 valence electrons. The molecule has 0 unspecified atom stereocenters. The van der Waals surface area contributed by atoms with Gasteiger partial charge in [-0.25, -0.2) is 4.99 Å². The Hall–Kier alpha value is -2.57. The van der Waals surface area contributed by atoms with E-state index in [2.05, 4.69) is 20.4 Å². The highest BCUT2D eigenvalue weighted by atomic mass is 16.5. The fourth-order valence-corrected chi connectivity index (χ4v) is 1.86. The van der Waals surface area contributed by atoms with Gasteiger partial charge in [-0.1, -0.05) is 25.9 Å². The molecule has 0 aliphatic carbocycles. The molecule has 7 heteroatoms. The second-order valence-corrected chi connectivity index (χ2v) is 6.78. The number of hydrogen-bond acceptors (Lipinski definition) is 5. The molecule has 1 heterocycles. The maximum Gasteiger partial charge on any atom is 0.232 e. The van der Waals surface area contributed by atoms with E-state index in [0.29, 0.717) is 11.7 Å². The van der Waals surface area contributed by atoms with E-state index in [1.807, 2.05) is 58.9 Å². The molecule has 0 aliphatic rings. The predicted molar refractivity (Wildman–Crippen MR) is 94.2 cm³/mol. The zero-order valence-electron chi connectivity index (χ0n) is 14.8. The maximum absolute atomic E-state index is 5.89. The number of nitrogens with one attached hydrogen (secondary N) is 1. The van der Waals surface area contributed by atoms with Crippen molar-refractivity contribution in [3.05, 3.63) is 36.0 Å². The van der Waals surface area contributed by atoms with Crippen molar-refractivity contribution in [2.45, 2.75) is 52.7 Å². The highest BCUT2D eigenvalue weighted by molar-refractivity contribution is 5.92. The minimum atomic E-state index is -0.182. The van der Waals surface area contributed by atoms with E-state index < -0.39 is 0 Å². The summed E-state index contributed by atoms with van der Waals surface area (Å²) in [5.74, 6) is 2.19. The fourth-order valence-electron chi connectivity index (χ4n) is 1.86. The SMILES string of the molecule is CC(C)Oc1ccc(NC(N)=NCc2noc(C(C)(C)C)n2)cc1. The second kappa shape index (κ2) is 7.33. The molecule has 0 aliphatic heterocycles. The molecule has 0 radical (unpaired) electrons. The summed E-state index contributed by atoms with van der Waals surface area (Å²) in [6.45, 7) is 10.3. The Morgan fingerprint density at radius 1 is 1.29 bits per heavy atom. The average Bonchev–Trinajstić information content (AvgIpc) is 2.96. The summed E-state index contributed by atoms with van der Waals surface area (Å²) in [6.07, 6.45) is 0.142. The first-order valence-electron chi connectivity index (χ1n) is 7.91. The number of rotatable bonds is 5. The van der Waals surface area contributed by atoms with Gasteiger partial charge in [0.15, 0.2) is 11.8 Å². The third kappa shape index (κ3) is 5.26. The molecule has 7 nitrogen and oxygen atoms in total. The lowest BCUT2D eigenvalue weighted by molar-refractivity contribution is 0.242. The van der Waals surface area contributed by atoms with Crippen LogP contribution >= 0.6 is 0 Å². The van der Waals surface area contributed by atoms with Crippen molar-refractivity contribution in [1.82, 2.24) is 10.1 Å². The number of aromatic nitrogens is 2. The summed E-state index contributed by atoms with van der Waals surface area (Å²) >= 11 is 0. The lowest BCUT2D eigenvalue weighted by Gasteiger charge is -2.10. The van der Waals surface area contributed by atoms with Gasteiger partial charge in [0.1, 0.15) is 12.3 Å². The first kappa shape index (κ1) is 17.8. The zero-order valence-corrected chi connectivity index (χ0v) is 14.8. The molecule has 3 N–H and O–H groups in total. The molecule has 1 aromatic heterocycles. The number of ether oxygens (including phenoxy) is 1. The van der Waals surface area contributed by atoms with Gasteiger partial charge in [0.05, 0.1) is 6.10 Å². The largest absolute Gasteiger partial charge is 0.491 e. The Bertz CT molecular complexity index is 684. The third-order valence-electron chi connectivity index (χ3n) is 3.00. The van der Waals surface area contributed by atoms with E-state index in [1.165, 1.54) is 0 Å². The molecule has 0 amide bonds. The van der Waals surface area contributed by atoms with Crippen LogP contribution in [0.15, 0.2) is 33.8 Å². The van der Waals surface area contributed by atoms with Crippen molar-refractivity contribution < 1.29 is 9.26 Å². The van der Waals surface area contributed by atoms with Crippen molar-refractivity contribution in [3.63, 3.8) is 0 Å². The molecule has 0 saturated heterocycles. The standard InChI is InChI=1S/C17H25N5O2/c1-11(2)23-13-8-6-12(7-9-13)20-16(18)19-10-14-21-15(24-22-14)17(3,4)5/h6-9,11H,10H2,1-5H3,(H3,18,19,20). The number of nitrogens with two attached hydrogens (primary N) is 1. The molecule has 2 aromatic rings. The van der Waals surface area contributed by atoms with Crippen LogP contribution in [0.4, 0.5) is 5.69 Å². The predicted octanol–water partition coefficient (Wildman–Crippen LogP) is 3.08. The van der Waals surface area contributed by atoms with Crippen LogP contribution in [0.2, 0.25) is 0 Å². The number of hydrogen-bond donors (Lipinski definition) is 2. The highest BCUT2D eigenvalue weighted by Gasteiger charge is 2.21. The van der Waals surface area contributed by atoms with Gasteiger partial charge in [-0.3, -0.25) is 0 Å². The average molecular weight is 331 g/mol. The van der Waals surface area contributed by atoms with E-state index in [9.17, 15) is 0 Å². The van der Waals surface area contributed by atoms with Gasteiger partial charge in [0.25, 0.3) is 0 Å². The maximum atomic E-state index is 5.89. The van der Waals surface area contributed by atoms with E-state index in [1.54, 1.807) is 0 Å². The quantitative estimate of drug-likeness (QED) is 0.645. The lowest BCUT2D eigenvalue weighted by Crippen LogP contribution is -2.22. The van der Waals surface area contributed by atoms with Gasteiger partial charge in [0, 0.05) is 11.1 Å². The summed E-state index contributed by atoms with van der Waals surface area (Å²) < 4.78 is 10.8. The summed E-state index contributed by atoms with van der Waals surface area (Å²) in [5, 5.41) is 6.92. The normalized spacial score (nSPS) is 12.5. The van der Waals surface area contributed by atoms with Crippen molar-refractivity contribution in [1.29, 1.82) is 0 Å². The Morgan fingerprint density at radius 3 is 2.50 bits per heavy atom. The van der Waals surface area contributed by atoms with Crippen molar-refractivity contribution >= 4 is 11.6 Å². The van der Waals surface area contributed by atoms with Crippen LogP contribution in [0.25, 0.3) is 0 Å². The molecule has 0 saturated carbocycles. The molecular weight excluding hydrogens is 306 g/mol. The van der Waals surface area contributed by atoms with E-state index in [4.69, 9.17) is 15.0 Å². The number of nitrogens with zero attached hydrogens (tertiary/aromatic N) is 3. The fraction of sp³-hybridized carbons (Fsp3) is 0.471. The minimum Gasteiger partial charge on any atom is -0.491 e. The van der Waals surface area contributed by atoms with Crippen LogP contribution in [-0.2, 0) is 12.0 Å². The van der Waals surface area contributed by atoms with Crippen LogP contribution in [0.3, 0.4) is 0 Å². The van der Waals surface area contributed by atoms with Crippen LogP contribution in [-0.4, -0.2) is 22.2 Å². The molecule has 24 heavy (non-hydrogen) atoms. The summed E-state index contributed by atoms with van der Waals surface area (Å²) in [5.41, 5.74) is 6.53. The number of anilines is 1. The number of guanidine groups is 1. The van der Waals surface area contributed by atoms with Crippen LogP contribution in [0.5, 0.6) is 5.75 Å². The van der Waals surface area contributed by atoms with Gasteiger partial charge >= 0.3 is 0 Å². The second-order valence-electron chi connectivity index (χ2n) is 6.78. The van der Waals surface area contributed by atoms with Crippen LogP contribution in [0.1, 0.15) is 46.3 Å². The topological polar surface area (TPSA) is 98.6 Å². The summed E-state index contributed by atoms with van der Waals surface area (Å²) in [6, 6.07) is 7.52. The highest BCUT2D eigenvalue weighted by Crippen LogP contribution is 2.20. The monoisotopic (exact) mass is 331 g/mol. The van der Waals surface area contributed by atoms with E-state index in [-0.39, 0.29) is 24.0 Å². The lowest BCUT2D eigenvalue weighted by atomic mass is 9.97. The molecule has 0 atom stereocenters. The summed E-state index contributed by atoms with van der Waals surface area (Å²) in [4.78, 5) is 8.54. The van der Waals surface area contributed by atoms with Gasteiger partial charge in [0.2, 0.25) is 5.89 Å². The van der Waals surface area contributed by atoms with E-state index >= 15 is 0 Å². The van der Waals surface area contributed by atoms with Crippen molar-refractivity contribution in [2.75, 3.05) is 5.32 Å². The van der Waals surface area contributed by atoms with Crippen LogP contribution in [0, 0.1) is 0 Å². The van der Waals surface area contributed by atoms with Gasteiger partial charge in [-0.05, 0) is 38.1 Å². The minimum absolute atomic E-state index is 0.142. The Balaban J connectivity index is 1.93. The Kier molecular flexibility index (Phi) is 5.43. The van der Waals surface area contributed by atoms with Crippen LogP contribution < -0.4 is 15.8 Å². The molecular formula is C17H25N5O2. The number of aliphatic imine (C=N–C) groups is 1. The molecule has 0 bridgehead atoms. The molecule has 0 fully saturated rings. The van der Waals surface area contributed by atoms with Gasteiger partial charge < -0.3 is 20.3 Å². The Labute approximate surface area is 142 Å².